The summed E-state index contributed by atoms with van der Waals surface area (Å²) < 4.78 is 36.1. The maximum Gasteiger partial charge on any atom is 0.294 e. The largest absolute Gasteiger partial charge is 0.294 e. The van der Waals surface area contributed by atoms with Crippen LogP contribution in [0, 0.1) is 0 Å². The Labute approximate surface area is 256 Å². The van der Waals surface area contributed by atoms with Gasteiger partial charge in [-0.3, -0.25) is 4.55 Å². The molecule has 0 aliphatic carbocycles. The van der Waals surface area contributed by atoms with Crippen LogP contribution in [-0.2, 0) is 26.4 Å². The average Bonchev–Trinajstić information content (AvgIpc) is 2.93. The van der Waals surface area contributed by atoms with Gasteiger partial charge in [-0.25, -0.2) is 0 Å². The molecular formula is C38H54O3S. The lowest BCUT2D eigenvalue weighted by Gasteiger charge is -2.38. The van der Waals surface area contributed by atoms with Gasteiger partial charge in [0.05, 0.1) is 4.90 Å². The van der Waals surface area contributed by atoms with Gasteiger partial charge in [-0.05, 0) is 51.1 Å². The summed E-state index contributed by atoms with van der Waals surface area (Å²) in [6.45, 7) is 15.5. The number of benzene rings is 3. The molecule has 4 heteroatoms. The van der Waals surface area contributed by atoms with Crippen LogP contribution in [0.2, 0.25) is 0 Å². The van der Waals surface area contributed by atoms with Crippen molar-refractivity contribution in [3.05, 3.63) is 101 Å². The smallest absolute Gasteiger partial charge is 0.282 e. The van der Waals surface area contributed by atoms with Crippen LogP contribution in [0.3, 0.4) is 0 Å². The molecule has 0 aromatic heterocycles. The molecule has 0 unspecified atom stereocenters. The molecule has 42 heavy (non-hydrogen) atoms. The first-order chi connectivity index (χ1) is 19.7. The number of hydrogen-bond donors (Lipinski definition) is 1. The molecule has 0 atom stereocenters. The fourth-order valence-corrected chi connectivity index (χ4v) is 6.93. The molecular weight excluding hydrogens is 536 g/mol. The van der Waals surface area contributed by atoms with E-state index in [9.17, 15) is 13.0 Å². The van der Waals surface area contributed by atoms with Gasteiger partial charge in [0.2, 0.25) is 0 Å². The Morgan fingerprint density at radius 2 is 0.929 bits per heavy atom. The summed E-state index contributed by atoms with van der Waals surface area (Å²) in [5.74, 6) is 0. The van der Waals surface area contributed by atoms with Gasteiger partial charge in [0.15, 0.2) is 0 Å². The van der Waals surface area contributed by atoms with Crippen molar-refractivity contribution >= 4 is 10.1 Å². The standard InChI is InChI=1S/C38H54O3S/c1-8-9-10-11-12-13-14-15-18-29-38(32-25-21-30(22-26-32)36(2,3)4,33-27-23-31(24-28-33)37(5,6)7)34-19-16-17-20-35(34)42(39,40)41/h16-17,19-28H,8-15,18,29H2,1-7H3,(H,39,40,41). The van der Waals surface area contributed by atoms with Gasteiger partial charge in [-0.15, -0.1) is 0 Å². The van der Waals surface area contributed by atoms with Crippen LogP contribution >= 0.6 is 0 Å². The Bertz CT molecular complexity index is 1300. The monoisotopic (exact) mass is 590 g/mol. The Kier molecular flexibility index (Phi) is 11.6. The molecule has 3 aromatic rings. The van der Waals surface area contributed by atoms with Gasteiger partial charge in [0.25, 0.3) is 10.1 Å². The molecule has 1 N–H and O–H groups in total. The minimum absolute atomic E-state index is 0.000972. The van der Waals surface area contributed by atoms with Gasteiger partial charge in [0, 0.05) is 5.41 Å². The minimum atomic E-state index is -4.45. The predicted octanol–water partition coefficient (Wildman–Crippen LogP) is 10.8. The Hall–Kier alpha value is -2.43. The van der Waals surface area contributed by atoms with Gasteiger partial charge in [0.1, 0.15) is 0 Å². The first kappa shape index (κ1) is 34.1. The van der Waals surface area contributed by atoms with E-state index >= 15 is 0 Å². The SMILES string of the molecule is CCCCCCCCCCCC(c1ccc(C(C)(C)C)cc1)(c1ccc(C(C)(C)C)cc1)c1ccccc1S(=O)(=O)O. The van der Waals surface area contributed by atoms with Crippen molar-refractivity contribution < 1.29 is 13.0 Å². The summed E-state index contributed by atoms with van der Waals surface area (Å²) >= 11 is 0. The number of hydrogen-bond acceptors (Lipinski definition) is 2. The van der Waals surface area contributed by atoms with E-state index in [-0.39, 0.29) is 15.7 Å². The highest BCUT2D eigenvalue weighted by Gasteiger charge is 2.40. The molecule has 3 aromatic carbocycles. The topological polar surface area (TPSA) is 54.4 Å². The van der Waals surface area contributed by atoms with Crippen LogP contribution in [0.4, 0.5) is 0 Å². The quantitative estimate of drug-likeness (QED) is 0.115. The molecule has 3 rings (SSSR count). The lowest BCUT2D eigenvalue weighted by atomic mass is 9.65. The molecule has 0 saturated carbocycles. The van der Waals surface area contributed by atoms with E-state index in [1.165, 1.54) is 56.1 Å². The molecule has 0 radical (unpaired) electrons. The summed E-state index contributed by atoms with van der Waals surface area (Å²) in [4.78, 5) is -0.0132. The predicted molar refractivity (Wildman–Crippen MR) is 178 cm³/mol. The normalized spacial score (nSPS) is 13.0. The van der Waals surface area contributed by atoms with Gasteiger partial charge in [-0.1, -0.05) is 173 Å². The Balaban J connectivity index is 2.14. The zero-order valence-corrected chi connectivity index (χ0v) is 28.0. The van der Waals surface area contributed by atoms with Crippen LogP contribution < -0.4 is 0 Å². The molecule has 0 aliphatic heterocycles. The van der Waals surface area contributed by atoms with Crippen LogP contribution in [0.5, 0.6) is 0 Å². The van der Waals surface area contributed by atoms with E-state index in [4.69, 9.17) is 0 Å². The number of rotatable bonds is 14. The minimum Gasteiger partial charge on any atom is -0.282 e. The second-order valence-corrected chi connectivity index (χ2v) is 15.5. The van der Waals surface area contributed by atoms with Crippen LogP contribution in [0.25, 0.3) is 0 Å². The van der Waals surface area contributed by atoms with Gasteiger partial charge < -0.3 is 0 Å². The van der Waals surface area contributed by atoms with Crippen LogP contribution in [0.1, 0.15) is 140 Å². The maximum absolute atomic E-state index is 12.8. The van der Waals surface area contributed by atoms with Gasteiger partial charge in [-0.2, -0.15) is 8.42 Å². The Morgan fingerprint density at radius 1 is 0.548 bits per heavy atom. The van der Waals surface area contributed by atoms with E-state index in [0.717, 1.165) is 30.4 Å². The highest BCUT2D eigenvalue weighted by atomic mass is 32.2. The third kappa shape index (κ3) is 8.57. The summed E-state index contributed by atoms with van der Waals surface area (Å²) in [7, 11) is -4.45. The lowest BCUT2D eigenvalue weighted by molar-refractivity contribution is 0.467. The highest BCUT2D eigenvalue weighted by molar-refractivity contribution is 7.85. The molecule has 0 amide bonds. The zero-order valence-electron chi connectivity index (χ0n) is 27.2. The zero-order chi connectivity index (χ0) is 31.0. The molecule has 0 heterocycles. The first-order valence-electron chi connectivity index (χ1n) is 16.0. The van der Waals surface area contributed by atoms with Crippen molar-refractivity contribution in [1.29, 1.82) is 0 Å². The van der Waals surface area contributed by atoms with Crippen molar-refractivity contribution in [3.8, 4) is 0 Å². The molecule has 0 bridgehead atoms. The van der Waals surface area contributed by atoms with E-state index in [0.29, 0.717) is 5.56 Å². The summed E-state index contributed by atoms with van der Waals surface area (Å²) in [5.41, 5.74) is 4.46. The molecule has 3 nitrogen and oxygen atoms in total. The third-order valence-corrected chi connectivity index (χ3v) is 9.68. The van der Waals surface area contributed by atoms with Crippen LogP contribution in [0.15, 0.2) is 77.7 Å². The van der Waals surface area contributed by atoms with E-state index < -0.39 is 15.5 Å². The van der Waals surface area contributed by atoms with Crippen molar-refractivity contribution in [2.75, 3.05) is 0 Å². The summed E-state index contributed by atoms with van der Waals surface area (Å²) in [5, 5.41) is 0. The van der Waals surface area contributed by atoms with Crippen molar-refractivity contribution in [3.63, 3.8) is 0 Å². The first-order valence-corrected chi connectivity index (χ1v) is 17.4. The third-order valence-electron chi connectivity index (χ3n) is 8.77. The second kappa shape index (κ2) is 14.4. The average molecular weight is 591 g/mol. The molecule has 0 saturated heterocycles. The molecule has 230 valence electrons. The van der Waals surface area contributed by atoms with E-state index in [2.05, 4.69) is 97.0 Å². The Morgan fingerprint density at radius 3 is 1.33 bits per heavy atom. The fourth-order valence-electron chi connectivity index (χ4n) is 6.16. The number of unbranched alkanes of at least 4 members (excludes halogenated alkanes) is 8. The van der Waals surface area contributed by atoms with Crippen molar-refractivity contribution in [2.45, 2.75) is 134 Å². The molecule has 0 spiro atoms. The van der Waals surface area contributed by atoms with E-state index in [1.807, 2.05) is 12.1 Å². The fraction of sp³-hybridized carbons (Fsp3) is 0.526. The van der Waals surface area contributed by atoms with Crippen LogP contribution in [-0.4, -0.2) is 13.0 Å². The lowest BCUT2D eigenvalue weighted by Crippen LogP contribution is -2.32. The summed E-state index contributed by atoms with van der Waals surface area (Å²) in [6, 6.07) is 24.4. The van der Waals surface area contributed by atoms with Crippen molar-refractivity contribution in [2.24, 2.45) is 0 Å². The molecule has 0 aliphatic rings. The van der Waals surface area contributed by atoms with Gasteiger partial charge >= 0.3 is 0 Å². The highest BCUT2D eigenvalue weighted by Crippen LogP contribution is 2.46. The van der Waals surface area contributed by atoms with Crippen molar-refractivity contribution in [1.82, 2.24) is 0 Å². The molecule has 0 fully saturated rings. The second-order valence-electron chi connectivity index (χ2n) is 14.1. The summed E-state index contributed by atoms with van der Waals surface area (Å²) in [6.07, 6.45) is 11.7. The van der Waals surface area contributed by atoms with E-state index in [1.54, 1.807) is 12.1 Å². The maximum atomic E-state index is 12.8.